The van der Waals surface area contributed by atoms with Crippen molar-refractivity contribution in [2.75, 3.05) is 27.1 Å². The van der Waals surface area contributed by atoms with E-state index in [0.29, 0.717) is 31.0 Å². The van der Waals surface area contributed by atoms with Crippen molar-refractivity contribution in [3.05, 3.63) is 30.3 Å². The molecule has 1 aromatic rings. The fraction of sp³-hybridized carbons (Fsp3) is 0.647. The Hall–Kier alpha value is -0.950. The molecule has 0 spiro atoms. The van der Waals surface area contributed by atoms with Crippen LogP contribution in [0.5, 0.6) is 0 Å². The lowest BCUT2D eigenvalue weighted by molar-refractivity contribution is -0.0749. The maximum atomic E-state index is 13.0. The molecular formula is C17H26O5S. The van der Waals surface area contributed by atoms with Crippen LogP contribution in [0.25, 0.3) is 0 Å². The van der Waals surface area contributed by atoms with Crippen molar-refractivity contribution in [2.24, 2.45) is 0 Å². The normalized spacial score (nSPS) is 23.8. The van der Waals surface area contributed by atoms with E-state index in [1.807, 2.05) is 6.07 Å². The third-order valence-corrected chi connectivity index (χ3v) is 6.88. The Morgan fingerprint density at radius 3 is 2.61 bits per heavy atom. The average molecular weight is 342 g/mol. The molecule has 0 saturated heterocycles. The van der Waals surface area contributed by atoms with E-state index in [4.69, 9.17) is 14.2 Å². The zero-order valence-corrected chi connectivity index (χ0v) is 14.7. The summed E-state index contributed by atoms with van der Waals surface area (Å²) in [6.45, 7) is 3.11. The Balaban J connectivity index is 2.04. The molecule has 0 bridgehead atoms. The molecule has 1 fully saturated rings. The average Bonchev–Trinajstić information content (AvgIpc) is 3.29. The van der Waals surface area contributed by atoms with Gasteiger partial charge in [0.05, 0.1) is 24.2 Å². The molecule has 1 aliphatic carbocycles. The summed E-state index contributed by atoms with van der Waals surface area (Å²) in [6.07, 6.45) is 2.71. The van der Waals surface area contributed by atoms with Crippen molar-refractivity contribution >= 4 is 9.84 Å². The van der Waals surface area contributed by atoms with Crippen molar-refractivity contribution in [3.8, 4) is 0 Å². The minimum absolute atomic E-state index is 0.103. The van der Waals surface area contributed by atoms with Gasteiger partial charge in [-0.05, 0) is 25.0 Å². The molecule has 0 radical (unpaired) electrons. The molecule has 0 aromatic heterocycles. The lowest BCUT2D eigenvalue weighted by Gasteiger charge is -2.18. The Labute approximate surface area is 138 Å². The molecule has 1 aliphatic rings. The lowest BCUT2D eigenvalue weighted by atomic mass is 10.2. The standard InChI is InChI=1S/C17H26O5S/c1-3-4-10-17(13-16(17)22-14-21-12-11-20-2)23(18,19)15-8-6-5-7-9-15/h5-9,16H,3-4,10-14H2,1-2H3. The second-order valence-electron chi connectivity index (χ2n) is 5.86. The zero-order valence-electron chi connectivity index (χ0n) is 13.9. The molecule has 1 aromatic carbocycles. The smallest absolute Gasteiger partial charge is 0.186 e. The van der Waals surface area contributed by atoms with Crippen LogP contribution in [0.15, 0.2) is 35.2 Å². The summed E-state index contributed by atoms with van der Waals surface area (Å²) in [5, 5.41) is 0. The minimum atomic E-state index is -3.40. The second kappa shape index (κ2) is 8.24. The molecule has 5 nitrogen and oxygen atoms in total. The first-order chi connectivity index (χ1) is 11.1. The monoisotopic (exact) mass is 342 g/mol. The summed E-state index contributed by atoms with van der Waals surface area (Å²) in [7, 11) is -1.80. The summed E-state index contributed by atoms with van der Waals surface area (Å²) in [5.41, 5.74) is 0. The number of ether oxygens (including phenoxy) is 3. The van der Waals surface area contributed by atoms with Crippen LogP contribution in [-0.2, 0) is 24.0 Å². The van der Waals surface area contributed by atoms with E-state index in [2.05, 4.69) is 6.92 Å². The molecule has 1 saturated carbocycles. The van der Waals surface area contributed by atoms with Gasteiger partial charge in [0.25, 0.3) is 0 Å². The predicted octanol–water partition coefficient (Wildman–Crippen LogP) is 2.80. The molecule has 0 N–H and O–H groups in total. The third kappa shape index (κ3) is 4.12. The van der Waals surface area contributed by atoms with Gasteiger partial charge < -0.3 is 14.2 Å². The lowest BCUT2D eigenvalue weighted by Crippen LogP contribution is -2.29. The van der Waals surface area contributed by atoms with E-state index in [1.54, 1.807) is 31.4 Å². The van der Waals surface area contributed by atoms with Crippen LogP contribution in [0.3, 0.4) is 0 Å². The van der Waals surface area contributed by atoms with Crippen molar-refractivity contribution in [3.63, 3.8) is 0 Å². The van der Waals surface area contributed by atoms with Gasteiger partial charge in [-0.25, -0.2) is 8.42 Å². The van der Waals surface area contributed by atoms with Gasteiger partial charge in [0.15, 0.2) is 9.84 Å². The topological polar surface area (TPSA) is 61.8 Å². The molecule has 23 heavy (non-hydrogen) atoms. The Morgan fingerprint density at radius 1 is 1.22 bits per heavy atom. The number of sulfone groups is 1. The van der Waals surface area contributed by atoms with E-state index in [1.165, 1.54) is 0 Å². The first kappa shape index (κ1) is 18.4. The summed E-state index contributed by atoms with van der Waals surface area (Å²) in [5.74, 6) is 0. The number of unbranched alkanes of at least 4 members (excludes halogenated alkanes) is 1. The first-order valence-corrected chi connectivity index (χ1v) is 9.55. The van der Waals surface area contributed by atoms with Crippen molar-refractivity contribution in [1.29, 1.82) is 0 Å². The fourth-order valence-electron chi connectivity index (χ4n) is 2.79. The van der Waals surface area contributed by atoms with Crippen LogP contribution in [0.4, 0.5) is 0 Å². The van der Waals surface area contributed by atoms with E-state index >= 15 is 0 Å². The maximum Gasteiger partial charge on any atom is 0.186 e. The SMILES string of the molecule is CCCCC1(S(=O)(=O)c2ccccc2)CC1OCOCCOC. The van der Waals surface area contributed by atoms with Crippen LogP contribution in [0, 0.1) is 0 Å². The van der Waals surface area contributed by atoms with Crippen LogP contribution < -0.4 is 0 Å². The highest BCUT2D eigenvalue weighted by Gasteiger charge is 2.64. The molecule has 0 heterocycles. The van der Waals surface area contributed by atoms with Gasteiger partial charge in [-0.3, -0.25) is 0 Å². The van der Waals surface area contributed by atoms with E-state index in [-0.39, 0.29) is 12.9 Å². The van der Waals surface area contributed by atoms with Crippen LogP contribution in [0.2, 0.25) is 0 Å². The van der Waals surface area contributed by atoms with Crippen molar-refractivity contribution in [1.82, 2.24) is 0 Å². The number of methoxy groups -OCH3 is 1. The maximum absolute atomic E-state index is 13.0. The van der Waals surface area contributed by atoms with Gasteiger partial charge in [-0.2, -0.15) is 0 Å². The fourth-order valence-corrected chi connectivity index (χ4v) is 4.97. The highest BCUT2D eigenvalue weighted by atomic mass is 32.2. The zero-order chi connectivity index (χ0) is 16.8. The number of benzene rings is 1. The molecule has 2 unspecified atom stereocenters. The molecule has 2 rings (SSSR count). The predicted molar refractivity (Wildman–Crippen MR) is 88.1 cm³/mol. The van der Waals surface area contributed by atoms with E-state index in [9.17, 15) is 8.42 Å². The van der Waals surface area contributed by atoms with Crippen LogP contribution in [0.1, 0.15) is 32.6 Å². The quantitative estimate of drug-likeness (QED) is 0.457. The highest BCUT2D eigenvalue weighted by Crippen LogP contribution is 2.52. The molecule has 2 atom stereocenters. The second-order valence-corrected chi connectivity index (χ2v) is 8.15. The van der Waals surface area contributed by atoms with E-state index in [0.717, 1.165) is 12.8 Å². The van der Waals surface area contributed by atoms with Crippen molar-refractivity contribution < 1.29 is 22.6 Å². The Bertz CT molecular complexity index is 572. The molecule has 130 valence electrons. The molecular weight excluding hydrogens is 316 g/mol. The van der Waals surface area contributed by atoms with Gasteiger partial charge in [-0.15, -0.1) is 0 Å². The summed E-state index contributed by atoms with van der Waals surface area (Å²) >= 11 is 0. The van der Waals surface area contributed by atoms with Gasteiger partial charge >= 0.3 is 0 Å². The summed E-state index contributed by atoms with van der Waals surface area (Å²) in [4.78, 5) is 0.377. The minimum Gasteiger partial charge on any atom is -0.382 e. The largest absolute Gasteiger partial charge is 0.382 e. The van der Waals surface area contributed by atoms with Gasteiger partial charge in [-0.1, -0.05) is 38.0 Å². The van der Waals surface area contributed by atoms with E-state index < -0.39 is 14.6 Å². The third-order valence-electron chi connectivity index (χ3n) is 4.28. The summed E-state index contributed by atoms with van der Waals surface area (Å²) in [6, 6.07) is 8.66. The number of hydrogen-bond acceptors (Lipinski definition) is 5. The molecule has 0 amide bonds. The van der Waals surface area contributed by atoms with Gasteiger partial charge in [0, 0.05) is 7.11 Å². The summed E-state index contributed by atoms with van der Waals surface area (Å²) < 4.78 is 41.1. The number of hydrogen-bond donors (Lipinski definition) is 0. The number of rotatable bonds is 11. The Kier molecular flexibility index (Phi) is 6.59. The van der Waals surface area contributed by atoms with Crippen molar-refractivity contribution in [2.45, 2.75) is 48.4 Å². The van der Waals surface area contributed by atoms with Gasteiger partial charge in [0.1, 0.15) is 11.5 Å². The first-order valence-electron chi connectivity index (χ1n) is 8.06. The highest BCUT2D eigenvalue weighted by molar-refractivity contribution is 7.93. The van der Waals surface area contributed by atoms with Crippen LogP contribution >= 0.6 is 0 Å². The molecule has 6 heteroatoms. The van der Waals surface area contributed by atoms with Gasteiger partial charge in [0.2, 0.25) is 0 Å². The molecule has 0 aliphatic heterocycles. The Morgan fingerprint density at radius 2 is 1.96 bits per heavy atom. The van der Waals surface area contributed by atoms with Crippen LogP contribution in [-0.4, -0.2) is 46.4 Å².